The zero-order valence-corrected chi connectivity index (χ0v) is 20.8. The fraction of sp³-hybridized carbons (Fsp3) is 0.200. The SMILES string of the molecule is CCOc1ccc(/C(O)=C2/C(=O)C(=O)N(c3nc(C)c(C(=O)OC)s3)C2c2cccc([N+](=O)[O-])c2)cc1. The molecule has 1 fully saturated rings. The molecule has 3 aromatic rings. The Morgan fingerprint density at radius 1 is 1.22 bits per heavy atom. The maximum absolute atomic E-state index is 13.3. The van der Waals surface area contributed by atoms with Gasteiger partial charge in [-0.25, -0.2) is 9.78 Å². The second-order valence-corrected chi connectivity index (χ2v) is 8.86. The smallest absolute Gasteiger partial charge is 0.350 e. The van der Waals surface area contributed by atoms with Gasteiger partial charge in [0.2, 0.25) is 0 Å². The molecule has 1 atom stereocenters. The lowest BCUT2D eigenvalue weighted by atomic mass is 9.95. The molecular formula is C25H21N3O8S. The minimum atomic E-state index is -1.25. The van der Waals surface area contributed by atoms with Crippen LogP contribution < -0.4 is 9.64 Å². The molecule has 37 heavy (non-hydrogen) atoms. The molecule has 1 saturated heterocycles. The summed E-state index contributed by atoms with van der Waals surface area (Å²) in [6.45, 7) is 3.80. The molecule has 0 bridgehead atoms. The number of aliphatic hydroxyl groups is 1. The molecule has 0 spiro atoms. The first-order chi connectivity index (χ1) is 17.7. The summed E-state index contributed by atoms with van der Waals surface area (Å²) >= 11 is 0.834. The maximum atomic E-state index is 13.3. The largest absolute Gasteiger partial charge is 0.507 e. The Morgan fingerprint density at radius 2 is 1.92 bits per heavy atom. The molecule has 1 amide bonds. The quantitative estimate of drug-likeness (QED) is 0.120. The number of aryl methyl sites for hydroxylation is 1. The van der Waals surface area contributed by atoms with Crippen molar-refractivity contribution in [1.29, 1.82) is 0 Å². The molecule has 0 saturated carbocycles. The zero-order chi connectivity index (χ0) is 26.9. The first-order valence-corrected chi connectivity index (χ1v) is 11.8. The number of esters is 1. The van der Waals surface area contributed by atoms with Crippen molar-refractivity contribution in [2.75, 3.05) is 18.6 Å². The highest BCUT2D eigenvalue weighted by molar-refractivity contribution is 7.17. The third kappa shape index (κ3) is 4.66. The van der Waals surface area contributed by atoms with E-state index in [-0.39, 0.29) is 38.1 Å². The van der Waals surface area contributed by atoms with Crippen molar-refractivity contribution >= 4 is 45.6 Å². The Bertz CT molecular complexity index is 1440. The second kappa shape index (κ2) is 10.2. The number of methoxy groups -OCH3 is 1. The minimum Gasteiger partial charge on any atom is -0.507 e. The van der Waals surface area contributed by atoms with Crippen LogP contribution in [0.1, 0.15) is 39.5 Å². The molecule has 0 aliphatic carbocycles. The van der Waals surface area contributed by atoms with E-state index in [2.05, 4.69) is 4.98 Å². The van der Waals surface area contributed by atoms with Crippen molar-refractivity contribution in [2.45, 2.75) is 19.9 Å². The highest BCUT2D eigenvalue weighted by Gasteiger charge is 2.48. The van der Waals surface area contributed by atoms with E-state index < -0.39 is 34.4 Å². The first kappa shape index (κ1) is 25.5. The van der Waals surface area contributed by atoms with Gasteiger partial charge in [0, 0.05) is 17.7 Å². The first-order valence-electron chi connectivity index (χ1n) is 11.0. The Morgan fingerprint density at radius 3 is 2.54 bits per heavy atom. The Kier molecular flexibility index (Phi) is 7.02. The summed E-state index contributed by atoms with van der Waals surface area (Å²) in [7, 11) is 1.20. The van der Waals surface area contributed by atoms with Gasteiger partial charge in [-0.15, -0.1) is 0 Å². The number of ether oxygens (including phenoxy) is 2. The second-order valence-electron chi connectivity index (χ2n) is 7.88. The number of nitro benzene ring substituents is 1. The Labute approximate surface area is 214 Å². The molecule has 11 nitrogen and oxygen atoms in total. The molecule has 12 heteroatoms. The number of anilines is 1. The van der Waals surface area contributed by atoms with E-state index in [9.17, 15) is 29.6 Å². The number of hydrogen-bond donors (Lipinski definition) is 1. The van der Waals surface area contributed by atoms with Crippen molar-refractivity contribution in [3.63, 3.8) is 0 Å². The highest BCUT2D eigenvalue weighted by Crippen LogP contribution is 2.44. The number of benzene rings is 2. The van der Waals surface area contributed by atoms with Gasteiger partial charge in [0.05, 0.1) is 35.9 Å². The molecule has 2 heterocycles. The number of nitro groups is 1. The van der Waals surface area contributed by atoms with E-state index in [0.29, 0.717) is 12.4 Å². The molecule has 1 N–H and O–H groups in total. The lowest BCUT2D eigenvalue weighted by Crippen LogP contribution is -2.29. The average molecular weight is 524 g/mol. The van der Waals surface area contributed by atoms with Crippen LogP contribution in [0.3, 0.4) is 0 Å². The summed E-state index contributed by atoms with van der Waals surface area (Å²) in [5.74, 6) is -2.60. The third-order valence-electron chi connectivity index (χ3n) is 5.64. The van der Waals surface area contributed by atoms with Gasteiger partial charge in [0.1, 0.15) is 16.4 Å². The van der Waals surface area contributed by atoms with Gasteiger partial charge in [-0.3, -0.25) is 24.6 Å². The predicted octanol–water partition coefficient (Wildman–Crippen LogP) is 4.17. The van der Waals surface area contributed by atoms with Gasteiger partial charge < -0.3 is 14.6 Å². The molecule has 1 aliphatic rings. The van der Waals surface area contributed by atoms with E-state index in [1.54, 1.807) is 19.1 Å². The minimum absolute atomic E-state index is 0.00208. The van der Waals surface area contributed by atoms with Gasteiger partial charge in [-0.1, -0.05) is 23.5 Å². The van der Waals surface area contributed by atoms with Crippen LogP contribution in [-0.4, -0.2) is 46.4 Å². The molecule has 0 radical (unpaired) electrons. The lowest BCUT2D eigenvalue weighted by Gasteiger charge is -2.22. The van der Waals surface area contributed by atoms with Gasteiger partial charge in [-0.2, -0.15) is 0 Å². The number of nitrogens with zero attached hydrogens (tertiary/aromatic N) is 3. The van der Waals surface area contributed by atoms with Crippen LogP contribution in [0, 0.1) is 17.0 Å². The zero-order valence-electron chi connectivity index (χ0n) is 20.0. The fourth-order valence-electron chi connectivity index (χ4n) is 3.95. The van der Waals surface area contributed by atoms with Crippen molar-refractivity contribution < 1.29 is 33.9 Å². The summed E-state index contributed by atoms with van der Waals surface area (Å²) in [4.78, 5) is 55.0. The van der Waals surface area contributed by atoms with Crippen LogP contribution in [0.4, 0.5) is 10.8 Å². The number of amides is 1. The van der Waals surface area contributed by atoms with E-state index >= 15 is 0 Å². The monoisotopic (exact) mass is 523 g/mol. The van der Waals surface area contributed by atoms with Gasteiger partial charge >= 0.3 is 11.9 Å². The lowest BCUT2D eigenvalue weighted by molar-refractivity contribution is -0.384. The van der Waals surface area contributed by atoms with Gasteiger partial charge in [0.15, 0.2) is 5.13 Å². The topological polar surface area (TPSA) is 149 Å². The Balaban J connectivity index is 1.93. The van der Waals surface area contributed by atoms with Crippen LogP contribution in [0.15, 0.2) is 54.1 Å². The van der Waals surface area contributed by atoms with E-state index in [1.807, 2.05) is 6.92 Å². The summed E-state index contributed by atoms with van der Waals surface area (Å²) in [5.41, 5.74) is 0.172. The summed E-state index contributed by atoms with van der Waals surface area (Å²) in [6.07, 6.45) is 0. The number of Topliss-reactive ketones (excluding diaryl/α,β-unsaturated/α-hetero) is 1. The van der Waals surface area contributed by atoms with Crippen LogP contribution in [-0.2, 0) is 14.3 Å². The number of hydrogen-bond acceptors (Lipinski definition) is 10. The summed E-state index contributed by atoms with van der Waals surface area (Å²) < 4.78 is 10.2. The highest BCUT2D eigenvalue weighted by atomic mass is 32.1. The van der Waals surface area contributed by atoms with Crippen molar-refractivity contribution in [3.05, 3.63) is 85.9 Å². The maximum Gasteiger partial charge on any atom is 0.350 e. The standard InChI is InChI=1S/C25H21N3O8S/c1-4-36-17-10-8-14(9-11-17)20(29)18-19(15-6-5-7-16(12-15)28(33)34)27(23(31)21(18)30)25-26-13(2)22(37-25)24(32)35-3/h5-12,19,29H,4H2,1-3H3/b20-18-. The summed E-state index contributed by atoms with van der Waals surface area (Å²) in [6, 6.07) is 10.4. The average Bonchev–Trinajstić information content (AvgIpc) is 3.40. The van der Waals surface area contributed by atoms with Gasteiger partial charge in [-0.05, 0) is 43.7 Å². The number of non-ortho nitro benzene ring substituents is 1. The molecular weight excluding hydrogens is 502 g/mol. The molecule has 1 unspecified atom stereocenters. The fourth-order valence-corrected chi connectivity index (χ4v) is 4.96. The van der Waals surface area contributed by atoms with Gasteiger partial charge in [0.25, 0.3) is 11.5 Å². The molecule has 1 aliphatic heterocycles. The van der Waals surface area contributed by atoms with Crippen molar-refractivity contribution in [3.8, 4) is 5.75 Å². The van der Waals surface area contributed by atoms with Crippen LogP contribution >= 0.6 is 11.3 Å². The molecule has 4 rings (SSSR count). The molecule has 1 aromatic heterocycles. The predicted molar refractivity (Wildman–Crippen MR) is 134 cm³/mol. The van der Waals surface area contributed by atoms with Crippen molar-refractivity contribution in [2.24, 2.45) is 0 Å². The number of carbonyl (C=O) groups is 3. The molecule has 2 aromatic carbocycles. The van der Waals surface area contributed by atoms with E-state index in [1.165, 1.54) is 43.5 Å². The molecule has 190 valence electrons. The van der Waals surface area contributed by atoms with E-state index in [0.717, 1.165) is 16.2 Å². The Hall–Kier alpha value is -4.58. The normalized spacial score (nSPS) is 16.6. The number of carbonyl (C=O) groups excluding carboxylic acids is 3. The van der Waals surface area contributed by atoms with Crippen LogP contribution in [0.5, 0.6) is 5.75 Å². The number of aliphatic hydroxyl groups excluding tert-OH is 1. The van der Waals surface area contributed by atoms with Crippen LogP contribution in [0.2, 0.25) is 0 Å². The van der Waals surface area contributed by atoms with Crippen LogP contribution in [0.25, 0.3) is 5.76 Å². The van der Waals surface area contributed by atoms with Crippen molar-refractivity contribution in [1.82, 2.24) is 4.98 Å². The third-order valence-corrected chi connectivity index (χ3v) is 6.78. The summed E-state index contributed by atoms with van der Waals surface area (Å²) in [5, 5.41) is 22.7. The van der Waals surface area contributed by atoms with E-state index in [4.69, 9.17) is 9.47 Å². The number of rotatable bonds is 7. The number of ketones is 1. The number of thiazole rings is 1. The number of aromatic nitrogens is 1.